The monoisotopic (exact) mass is 695 g/mol. The number of ether oxygens (including phenoxy) is 3. The minimum absolute atomic E-state index is 0.0793. The van der Waals surface area contributed by atoms with Gasteiger partial charge in [0.1, 0.15) is 23.9 Å². The third kappa shape index (κ3) is 10.0. The van der Waals surface area contributed by atoms with Crippen molar-refractivity contribution < 1.29 is 44.5 Å². The second-order valence-electron chi connectivity index (χ2n) is 15.6. The molecule has 1 aromatic carbocycles. The number of cyclic esters (lactones) is 1. The van der Waals surface area contributed by atoms with E-state index in [4.69, 9.17) is 14.2 Å². The van der Waals surface area contributed by atoms with Crippen molar-refractivity contribution >= 4 is 5.97 Å². The zero-order valence-electron chi connectivity index (χ0n) is 31.3. The highest BCUT2D eigenvalue weighted by Gasteiger charge is 2.54. The number of esters is 1. The summed E-state index contributed by atoms with van der Waals surface area (Å²) in [4.78, 5) is 15.9. The summed E-state index contributed by atoms with van der Waals surface area (Å²) in [5.74, 6) is -3.04. The van der Waals surface area contributed by atoms with Crippen LogP contribution in [0.4, 0.5) is 0 Å². The van der Waals surface area contributed by atoms with E-state index >= 15 is 0 Å². The molecule has 282 valence electrons. The lowest BCUT2D eigenvalue weighted by atomic mass is 9.70. The van der Waals surface area contributed by atoms with Crippen molar-refractivity contribution in [3.63, 3.8) is 0 Å². The van der Waals surface area contributed by atoms with Crippen LogP contribution in [0.25, 0.3) is 0 Å². The van der Waals surface area contributed by atoms with Gasteiger partial charge in [0.15, 0.2) is 6.29 Å². The van der Waals surface area contributed by atoms with E-state index in [2.05, 4.69) is 10.6 Å². The minimum Gasteiger partial charge on any atom is -0.459 e. The highest BCUT2D eigenvalue weighted by molar-refractivity contribution is 5.74. The highest BCUT2D eigenvalue weighted by Crippen LogP contribution is 2.40. The van der Waals surface area contributed by atoms with Crippen molar-refractivity contribution in [2.24, 2.45) is 17.8 Å². The Morgan fingerprint density at radius 2 is 1.67 bits per heavy atom. The van der Waals surface area contributed by atoms with Crippen LogP contribution in [0, 0.1) is 17.8 Å². The van der Waals surface area contributed by atoms with Crippen LogP contribution in [-0.2, 0) is 25.5 Å². The van der Waals surface area contributed by atoms with Crippen molar-refractivity contribution in [2.75, 3.05) is 27.2 Å². The molecule has 12 heteroatoms. The molecule has 3 rings (SSSR count). The lowest BCUT2D eigenvalue weighted by molar-refractivity contribution is -0.304. The molecule has 0 aromatic heterocycles. The summed E-state index contributed by atoms with van der Waals surface area (Å²) in [5.41, 5.74) is -4.29. The van der Waals surface area contributed by atoms with Crippen molar-refractivity contribution in [3.05, 3.63) is 35.9 Å². The molecule has 0 spiro atoms. The predicted molar refractivity (Wildman–Crippen MR) is 187 cm³/mol. The molecule has 2 fully saturated rings. The van der Waals surface area contributed by atoms with E-state index in [0.29, 0.717) is 19.5 Å². The summed E-state index contributed by atoms with van der Waals surface area (Å²) >= 11 is 0. The Labute approximate surface area is 293 Å². The van der Waals surface area contributed by atoms with Gasteiger partial charge in [-0.25, -0.2) is 0 Å². The van der Waals surface area contributed by atoms with Crippen LogP contribution in [0.15, 0.2) is 30.3 Å². The van der Waals surface area contributed by atoms with Crippen molar-refractivity contribution in [1.29, 1.82) is 0 Å². The molecule has 1 unspecified atom stereocenters. The van der Waals surface area contributed by atoms with Crippen LogP contribution in [0.2, 0.25) is 0 Å². The first kappa shape index (κ1) is 41.7. The lowest BCUT2D eigenvalue weighted by Crippen LogP contribution is -2.64. The predicted octanol–water partition coefficient (Wildman–Crippen LogP) is 1.79. The molecule has 12 nitrogen and oxygen atoms in total. The van der Waals surface area contributed by atoms with Gasteiger partial charge in [0, 0.05) is 31.1 Å². The molecule has 0 saturated carbocycles. The van der Waals surface area contributed by atoms with Gasteiger partial charge < -0.3 is 55.3 Å². The van der Waals surface area contributed by atoms with Crippen molar-refractivity contribution in [3.8, 4) is 0 Å². The van der Waals surface area contributed by atoms with E-state index in [0.717, 1.165) is 5.56 Å². The zero-order valence-corrected chi connectivity index (χ0v) is 31.3. The fourth-order valence-electron chi connectivity index (χ4n) is 7.73. The van der Waals surface area contributed by atoms with Crippen LogP contribution in [0.3, 0.4) is 0 Å². The molecule has 7 N–H and O–H groups in total. The van der Waals surface area contributed by atoms with E-state index in [1.807, 2.05) is 63.2 Å². The summed E-state index contributed by atoms with van der Waals surface area (Å²) in [5, 5.41) is 65.9. The van der Waals surface area contributed by atoms with Gasteiger partial charge in [0.05, 0.1) is 29.3 Å². The third-order valence-corrected chi connectivity index (χ3v) is 11.0. The number of benzene rings is 1. The number of hydrogen-bond donors (Lipinski definition) is 7. The first-order valence-electron chi connectivity index (χ1n) is 17.9. The molecule has 2 saturated heterocycles. The number of rotatable bonds is 8. The van der Waals surface area contributed by atoms with Crippen molar-refractivity contribution in [1.82, 2.24) is 15.5 Å². The molecular weight excluding hydrogens is 630 g/mol. The second-order valence-corrected chi connectivity index (χ2v) is 15.6. The van der Waals surface area contributed by atoms with Crippen LogP contribution >= 0.6 is 0 Å². The maximum atomic E-state index is 14.0. The van der Waals surface area contributed by atoms with E-state index in [9.17, 15) is 30.3 Å². The first-order valence-corrected chi connectivity index (χ1v) is 17.9. The third-order valence-electron chi connectivity index (χ3n) is 11.0. The van der Waals surface area contributed by atoms with Crippen LogP contribution in [-0.4, -0.2) is 129 Å². The Bertz CT molecular complexity index is 1170. The average molecular weight is 696 g/mol. The maximum absolute atomic E-state index is 14.0. The average Bonchev–Trinajstić information content (AvgIpc) is 3.04. The number of aliphatic hydroxyl groups excluding tert-OH is 2. The molecule has 14 atom stereocenters. The van der Waals surface area contributed by atoms with Gasteiger partial charge in [-0.2, -0.15) is 0 Å². The molecule has 0 bridgehead atoms. The van der Waals surface area contributed by atoms with E-state index in [1.54, 1.807) is 34.6 Å². The van der Waals surface area contributed by atoms with Gasteiger partial charge in [-0.1, -0.05) is 51.1 Å². The van der Waals surface area contributed by atoms with Gasteiger partial charge in [-0.15, -0.1) is 0 Å². The molecule has 2 heterocycles. The number of carbonyl (C=O) groups excluding carboxylic acids is 1. The number of carbonyl (C=O) groups is 1. The number of nitrogens with zero attached hydrogens (tertiary/aromatic N) is 1. The molecule has 2 aliphatic rings. The number of nitrogens with one attached hydrogen (secondary N) is 2. The number of hydrogen-bond acceptors (Lipinski definition) is 12. The zero-order chi connectivity index (χ0) is 36.9. The standard InChI is InChI=1S/C37H65N3O9/c1-11-29-36(8,45)31(42)26(6)39-19-22(2)18-35(7,44)32(49-34-30(41)28(40(9)10)17-23(3)47-34)24(4)37(46,25(5)33(43)48-29)21-38-20-27-15-13-12-14-16-27/h12-16,22-26,28-32,34,38-39,41-42,44-46H,11,17-21H2,1-10H3/t22-,23-,24-,25?,26-,28+,29-,30-,31-,32-,34+,35+,36-,37-/m1/s1. The quantitative estimate of drug-likeness (QED) is 0.197. The normalized spacial score (nSPS) is 43.4. The first-order chi connectivity index (χ1) is 22.8. The van der Waals surface area contributed by atoms with Crippen molar-refractivity contribution in [2.45, 2.75) is 147 Å². The molecule has 0 radical (unpaired) electrons. The van der Waals surface area contributed by atoms with E-state index < -0.39 is 71.4 Å². The fourth-order valence-corrected chi connectivity index (χ4v) is 7.73. The minimum atomic E-state index is -1.87. The molecular formula is C37H65N3O9. The molecule has 49 heavy (non-hydrogen) atoms. The van der Waals surface area contributed by atoms with Crippen LogP contribution in [0.1, 0.15) is 80.2 Å². The summed E-state index contributed by atoms with van der Waals surface area (Å²) in [7, 11) is 3.76. The summed E-state index contributed by atoms with van der Waals surface area (Å²) in [6.07, 6.45) is -4.92. The van der Waals surface area contributed by atoms with Gasteiger partial charge in [0.25, 0.3) is 0 Å². The van der Waals surface area contributed by atoms with Gasteiger partial charge in [-0.3, -0.25) is 4.79 Å². The van der Waals surface area contributed by atoms with Gasteiger partial charge in [0.2, 0.25) is 0 Å². The Balaban J connectivity index is 2.12. The largest absolute Gasteiger partial charge is 0.459 e. The summed E-state index contributed by atoms with van der Waals surface area (Å²) in [6.45, 7) is 14.4. The fraction of sp³-hybridized carbons (Fsp3) is 0.811. The Morgan fingerprint density at radius 3 is 2.27 bits per heavy atom. The molecule has 2 aliphatic heterocycles. The lowest BCUT2D eigenvalue weighted by Gasteiger charge is -2.49. The Kier molecular flexibility index (Phi) is 14.6. The van der Waals surface area contributed by atoms with E-state index in [1.165, 1.54) is 6.92 Å². The van der Waals surface area contributed by atoms with Crippen LogP contribution < -0.4 is 10.6 Å². The highest BCUT2D eigenvalue weighted by atomic mass is 16.7. The van der Waals surface area contributed by atoms with Gasteiger partial charge >= 0.3 is 5.97 Å². The SMILES string of the molecule is CC[C@H]1OC(=O)C(C)[C@@](O)(CNCc2ccccc2)[C@H](C)[C@@H](O[C@@H]2O[C@H](C)C[C@H](N(C)C)[C@H]2O)[C@@](C)(O)C[C@@H](C)CN[C@H](C)[C@@H](O)[C@]1(C)O. The second kappa shape index (κ2) is 17.2. The number of aliphatic hydroxyl groups is 5. The Morgan fingerprint density at radius 1 is 1.04 bits per heavy atom. The summed E-state index contributed by atoms with van der Waals surface area (Å²) in [6, 6.07) is 8.79. The van der Waals surface area contributed by atoms with Crippen LogP contribution in [0.5, 0.6) is 0 Å². The molecule has 1 aromatic rings. The van der Waals surface area contributed by atoms with Gasteiger partial charge in [-0.05, 0) is 86.0 Å². The number of likely N-dealkylation sites (N-methyl/N-ethyl adjacent to an activating group) is 1. The molecule has 0 aliphatic carbocycles. The topological polar surface area (TPSA) is 173 Å². The summed E-state index contributed by atoms with van der Waals surface area (Å²) < 4.78 is 18.7. The van der Waals surface area contributed by atoms with E-state index in [-0.39, 0.29) is 37.5 Å². The Hall–Kier alpha value is -1.71. The molecule has 0 amide bonds. The smallest absolute Gasteiger partial charge is 0.312 e. The maximum Gasteiger partial charge on any atom is 0.312 e.